The molecule has 0 spiro atoms. The maximum Gasteiger partial charge on any atom is -0.0386 e. The molecule has 0 N–H and O–H groups in total. The SMILES string of the molecule is CCC(C)CC(C)C(C)C1CC1. The molecular weight excluding hydrogens is 144 g/mol. The molecule has 0 bridgehead atoms. The van der Waals surface area contributed by atoms with Gasteiger partial charge in [0.15, 0.2) is 0 Å². The average molecular weight is 168 g/mol. The first-order chi connectivity index (χ1) is 5.65. The van der Waals surface area contributed by atoms with Crippen LogP contribution in [0.5, 0.6) is 0 Å². The van der Waals surface area contributed by atoms with Crippen molar-refractivity contribution >= 4 is 0 Å². The first-order valence-electron chi connectivity index (χ1n) is 5.65. The van der Waals surface area contributed by atoms with Crippen molar-refractivity contribution in [2.45, 2.75) is 53.4 Å². The van der Waals surface area contributed by atoms with E-state index in [2.05, 4.69) is 27.7 Å². The van der Waals surface area contributed by atoms with Crippen LogP contribution in [0.2, 0.25) is 0 Å². The molecule has 0 aromatic rings. The van der Waals surface area contributed by atoms with Gasteiger partial charge in [-0.2, -0.15) is 0 Å². The highest BCUT2D eigenvalue weighted by Crippen LogP contribution is 2.41. The predicted octanol–water partition coefficient (Wildman–Crippen LogP) is 4.10. The van der Waals surface area contributed by atoms with E-state index in [9.17, 15) is 0 Å². The van der Waals surface area contributed by atoms with E-state index in [1.54, 1.807) is 0 Å². The van der Waals surface area contributed by atoms with E-state index in [0.717, 1.165) is 23.7 Å². The third-order valence-corrected chi connectivity index (χ3v) is 3.73. The summed E-state index contributed by atoms with van der Waals surface area (Å²) in [7, 11) is 0. The van der Waals surface area contributed by atoms with Crippen LogP contribution < -0.4 is 0 Å². The molecule has 1 saturated carbocycles. The molecule has 0 heterocycles. The standard InChI is InChI=1S/C12H24/c1-5-9(2)8-10(3)11(4)12-6-7-12/h9-12H,5-8H2,1-4H3. The van der Waals surface area contributed by atoms with Gasteiger partial charge in [0.25, 0.3) is 0 Å². The Labute approximate surface area is 77.7 Å². The quantitative estimate of drug-likeness (QED) is 0.579. The molecule has 0 radical (unpaired) electrons. The minimum Gasteiger partial charge on any atom is -0.0651 e. The molecule has 12 heavy (non-hydrogen) atoms. The van der Waals surface area contributed by atoms with E-state index >= 15 is 0 Å². The highest BCUT2D eigenvalue weighted by molar-refractivity contribution is 4.81. The predicted molar refractivity (Wildman–Crippen MR) is 55.1 cm³/mol. The van der Waals surface area contributed by atoms with E-state index in [-0.39, 0.29) is 0 Å². The van der Waals surface area contributed by atoms with Gasteiger partial charge in [0, 0.05) is 0 Å². The van der Waals surface area contributed by atoms with Crippen LogP contribution in [0.1, 0.15) is 53.4 Å². The summed E-state index contributed by atoms with van der Waals surface area (Å²) in [5.74, 6) is 3.96. The lowest BCUT2D eigenvalue weighted by atomic mass is 9.84. The van der Waals surface area contributed by atoms with Crippen LogP contribution in [-0.4, -0.2) is 0 Å². The van der Waals surface area contributed by atoms with Gasteiger partial charge < -0.3 is 0 Å². The Bertz CT molecular complexity index is 124. The van der Waals surface area contributed by atoms with Gasteiger partial charge in [-0.1, -0.05) is 34.1 Å². The fourth-order valence-corrected chi connectivity index (χ4v) is 2.10. The molecule has 1 aliphatic carbocycles. The van der Waals surface area contributed by atoms with Crippen LogP contribution in [0.15, 0.2) is 0 Å². The summed E-state index contributed by atoms with van der Waals surface area (Å²) >= 11 is 0. The van der Waals surface area contributed by atoms with Crippen LogP contribution in [0, 0.1) is 23.7 Å². The van der Waals surface area contributed by atoms with Crippen molar-refractivity contribution < 1.29 is 0 Å². The van der Waals surface area contributed by atoms with Crippen molar-refractivity contribution in [1.82, 2.24) is 0 Å². The van der Waals surface area contributed by atoms with Crippen LogP contribution in [0.4, 0.5) is 0 Å². The Kier molecular flexibility index (Phi) is 3.61. The zero-order valence-electron chi connectivity index (χ0n) is 9.14. The number of hydrogen-bond acceptors (Lipinski definition) is 0. The van der Waals surface area contributed by atoms with Gasteiger partial charge >= 0.3 is 0 Å². The van der Waals surface area contributed by atoms with Crippen LogP contribution in [0.25, 0.3) is 0 Å². The van der Waals surface area contributed by atoms with E-state index in [0.29, 0.717) is 0 Å². The third-order valence-electron chi connectivity index (χ3n) is 3.73. The average Bonchev–Trinajstić information content (AvgIpc) is 2.85. The highest BCUT2D eigenvalue weighted by Gasteiger charge is 2.31. The lowest BCUT2D eigenvalue weighted by molar-refractivity contribution is 0.283. The van der Waals surface area contributed by atoms with Gasteiger partial charge in [0.05, 0.1) is 0 Å². The van der Waals surface area contributed by atoms with Crippen LogP contribution in [0.3, 0.4) is 0 Å². The lowest BCUT2D eigenvalue weighted by Crippen LogP contribution is -2.13. The molecular formula is C12H24. The molecule has 3 unspecified atom stereocenters. The van der Waals surface area contributed by atoms with Crippen LogP contribution >= 0.6 is 0 Å². The summed E-state index contributed by atoms with van der Waals surface area (Å²) in [6.45, 7) is 9.58. The van der Waals surface area contributed by atoms with Gasteiger partial charge in [0.2, 0.25) is 0 Å². The summed E-state index contributed by atoms with van der Waals surface area (Å²) in [5.41, 5.74) is 0. The molecule has 1 aliphatic rings. The van der Waals surface area contributed by atoms with E-state index in [4.69, 9.17) is 0 Å². The molecule has 72 valence electrons. The van der Waals surface area contributed by atoms with E-state index < -0.39 is 0 Å². The minimum absolute atomic E-state index is 0.932. The first-order valence-corrected chi connectivity index (χ1v) is 5.65. The van der Waals surface area contributed by atoms with Gasteiger partial charge in [-0.3, -0.25) is 0 Å². The Balaban J connectivity index is 2.21. The molecule has 0 aliphatic heterocycles. The van der Waals surface area contributed by atoms with Crippen molar-refractivity contribution in [2.24, 2.45) is 23.7 Å². The molecule has 0 saturated heterocycles. The smallest absolute Gasteiger partial charge is 0.0386 e. The third kappa shape index (κ3) is 2.80. The Morgan fingerprint density at radius 3 is 2.17 bits per heavy atom. The molecule has 1 rings (SSSR count). The number of rotatable bonds is 5. The van der Waals surface area contributed by atoms with Gasteiger partial charge in [-0.25, -0.2) is 0 Å². The lowest BCUT2D eigenvalue weighted by Gasteiger charge is -2.22. The second kappa shape index (κ2) is 4.30. The largest absolute Gasteiger partial charge is 0.0651 e. The monoisotopic (exact) mass is 168 g/mol. The summed E-state index contributed by atoms with van der Waals surface area (Å²) in [6, 6.07) is 0. The molecule has 0 heteroatoms. The summed E-state index contributed by atoms with van der Waals surface area (Å²) in [6.07, 6.45) is 5.80. The zero-order chi connectivity index (χ0) is 9.14. The van der Waals surface area contributed by atoms with Crippen LogP contribution in [-0.2, 0) is 0 Å². The first kappa shape index (κ1) is 10.1. The maximum atomic E-state index is 2.45. The second-order valence-electron chi connectivity index (χ2n) is 4.92. The van der Waals surface area contributed by atoms with Crippen molar-refractivity contribution in [3.05, 3.63) is 0 Å². The number of hydrogen-bond donors (Lipinski definition) is 0. The maximum absolute atomic E-state index is 2.45. The van der Waals surface area contributed by atoms with Gasteiger partial charge in [-0.15, -0.1) is 0 Å². The molecule has 0 nitrogen and oxygen atoms in total. The van der Waals surface area contributed by atoms with Crippen molar-refractivity contribution in [2.75, 3.05) is 0 Å². The fourth-order valence-electron chi connectivity index (χ4n) is 2.10. The summed E-state index contributed by atoms with van der Waals surface area (Å²) in [5, 5.41) is 0. The topological polar surface area (TPSA) is 0 Å². The minimum atomic E-state index is 0.932. The second-order valence-corrected chi connectivity index (χ2v) is 4.92. The molecule has 0 amide bonds. The molecule has 0 aromatic carbocycles. The normalized spacial score (nSPS) is 25.0. The molecule has 0 aromatic heterocycles. The van der Waals surface area contributed by atoms with E-state index in [1.165, 1.54) is 25.7 Å². The summed E-state index contributed by atoms with van der Waals surface area (Å²) < 4.78 is 0. The van der Waals surface area contributed by atoms with Gasteiger partial charge in [0.1, 0.15) is 0 Å². The Hall–Kier alpha value is 0. The fraction of sp³-hybridized carbons (Fsp3) is 1.00. The highest BCUT2D eigenvalue weighted by atomic mass is 14.4. The Morgan fingerprint density at radius 1 is 1.17 bits per heavy atom. The van der Waals surface area contributed by atoms with Crippen molar-refractivity contribution in [1.29, 1.82) is 0 Å². The molecule has 3 atom stereocenters. The zero-order valence-corrected chi connectivity index (χ0v) is 9.14. The Morgan fingerprint density at radius 2 is 1.75 bits per heavy atom. The molecule has 1 fully saturated rings. The van der Waals surface area contributed by atoms with Gasteiger partial charge in [-0.05, 0) is 42.9 Å². The van der Waals surface area contributed by atoms with Crippen molar-refractivity contribution in [3.8, 4) is 0 Å². The summed E-state index contributed by atoms with van der Waals surface area (Å²) in [4.78, 5) is 0. The van der Waals surface area contributed by atoms with Crippen molar-refractivity contribution in [3.63, 3.8) is 0 Å². The van der Waals surface area contributed by atoms with E-state index in [1.807, 2.05) is 0 Å².